The van der Waals surface area contributed by atoms with Crippen molar-refractivity contribution >= 4 is 0 Å². The van der Waals surface area contributed by atoms with E-state index in [1.165, 1.54) is 0 Å². The molecule has 0 amide bonds. The molecule has 0 bridgehead atoms. The van der Waals surface area contributed by atoms with Gasteiger partial charge < -0.3 is 9.47 Å². The van der Waals surface area contributed by atoms with Crippen LogP contribution in [0.1, 0.15) is 57.6 Å². The second kappa shape index (κ2) is 12.1. The molecule has 0 unspecified atom stereocenters. The molecule has 1 heterocycles. The second-order valence-corrected chi connectivity index (χ2v) is 8.95. The predicted molar refractivity (Wildman–Crippen MR) is 133 cm³/mol. The molecule has 0 aliphatic carbocycles. The molecule has 0 saturated heterocycles. The van der Waals surface area contributed by atoms with Gasteiger partial charge >= 0.3 is 0 Å². The average Bonchev–Trinajstić information content (AvgIpc) is 2.85. The highest BCUT2D eigenvalue weighted by atomic mass is 16.5. The van der Waals surface area contributed by atoms with Gasteiger partial charge in [0.15, 0.2) is 0 Å². The summed E-state index contributed by atoms with van der Waals surface area (Å²) in [6, 6.07) is 22.6. The number of hydrogen-bond donors (Lipinski definition) is 0. The highest BCUT2D eigenvalue weighted by Gasteiger charge is 2.16. The van der Waals surface area contributed by atoms with Gasteiger partial charge in [-0.05, 0) is 62.4 Å². The van der Waals surface area contributed by atoms with E-state index in [-0.39, 0.29) is 5.41 Å². The van der Waals surface area contributed by atoms with Gasteiger partial charge in [0, 0.05) is 17.8 Å². The van der Waals surface area contributed by atoms with Crippen molar-refractivity contribution < 1.29 is 9.47 Å². The topological polar surface area (TPSA) is 55.1 Å². The van der Waals surface area contributed by atoms with Crippen LogP contribution in [-0.4, -0.2) is 11.6 Å². The zero-order valence-corrected chi connectivity index (χ0v) is 20.0. The molecule has 0 aliphatic heterocycles. The summed E-state index contributed by atoms with van der Waals surface area (Å²) < 4.78 is 12.5. The number of nitrogens with zero attached hydrogens (tertiary/aromatic N) is 2. The fourth-order valence-corrected chi connectivity index (χ4v) is 3.68. The van der Waals surface area contributed by atoms with Crippen LogP contribution in [0.4, 0.5) is 0 Å². The molecule has 3 aromatic rings. The normalized spacial score (nSPS) is 11.1. The summed E-state index contributed by atoms with van der Waals surface area (Å²) in [5, 5.41) is 9.16. The maximum Gasteiger partial charge on any atom is 0.132 e. The second-order valence-electron chi connectivity index (χ2n) is 8.95. The Labute approximate surface area is 198 Å². The largest absolute Gasteiger partial charge is 0.493 e. The minimum atomic E-state index is -0.247. The Kier molecular flexibility index (Phi) is 8.89. The zero-order valence-electron chi connectivity index (χ0n) is 20.0. The fourth-order valence-electron chi connectivity index (χ4n) is 3.68. The van der Waals surface area contributed by atoms with Crippen molar-refractivity contribution in [3.8, 4) is 28.8 Å². The van der Waals surface area contributed by atoms with E-state index in [4.69, 9.17) is 14.7 Å². The van der Waals surface area contributed by atoms with Crippen LogP contribution in [-0.2, 0) is 13.0 Å². The number of benzene rings is 2. The van der Waals surface area contributed by atoms with Gasteiger partial charge in [-0.15, -0.1) is 0 Å². The summed E-state index contributed by atoms with van der Waals surface area (Å²) in [5.74, 6) is 1.65. The van der Waals surface area contributed by atoms with Crippen LogP contribution in [0.5, 0.6) is 11.5 Å². The van der Waals surface area contributed by atoms with E-state index in [2.05, 4.69) is 36.2 Å². The van der Waals surface area contributed by atoms with E-state index in [0.717, 1.165) is 66.0 Å². The molecule has 0 spiro atoms. The molecular formula is C29H34N2O2. The molecule has 172 valence electrons. The van der Waals surface area contributed by atoms with Crippen molar-refractivity contribution in [1.82, 2.24) is 4.98 Å². The van der Waals surface area contributed by atoms with Crippen LogP contribution < -0.4 is 9.47 Å². The smallest absolute Gasteiger partial charge is 0.132 e. The van der Waals surface area contributed by atoms with Crippen LogP contribution >= 0.6 is 0 Å². The first-order valence-electron chi connectivity index (χ1n) is 11.8. The molecule has 0 aliphatic rings. The van der Waals surface area contributed by atoms with Crippen LogP contribution in [0.3, 0.4) is 0 Å². The number of pyridine rings is 1. The number of unbranched alkanes of at least 4 members (excludes halogenated alkanes) is 2. The lowest BCUT2D eigenvalue weighted by atomic mass is 9.89. The van der Waals surface area contributed by atoms with Crippen LogP contribution in [0.2, 0.25) is 0 Å². The third kappa shape index (κ3) is 7.36. The summed E-state index contributed by atoms with van der Waals surface area (Å²) >= 11 is 0. The molecule has 33 heavy (non-hydrogen) atoms. The number of nitriles is 1. The summed E-state index contributed by atoms with van der Waals surface area (Å²) in [6.07, 6.45) is 6.64. The minimum absolute atomic E-state index is 0.247. The molecule has 0 atom stereocenters. The van der Waals surface area contributed by atoms with Crippen molar-refractivity contribution in [3.05, 3.63) is 78.0 Å². The van der Waals surface area contributed by atoms with Gasteiger partial charge in [0.25, 0.3) is 0 Å². The first-order chi connectivity index (χ1) is 16.0. The van der Waals surface area contributed by atoms with Gasteiger partial charge in [-0.3, -0.25) is 4.98 Å². The quantitative estimate of drug-likeness (QED) is 0.275. The highest BCUT2D eigenvalue weighted by molar-refractivity contribution is 5.70. The summed E-state index contributed by atoms with van der Waals surface area (Å²) in [4.78, 5) is 4.55. The Balaban J connectivity index is 1.72. The Morgan fingerprint density at radius 1 is 0.909 bits per heavy atom. The van der Waals surface area contributed by atoms with Crippen molar-refractivity contribution in [2.24, 2.45) is 5.41 Å². The number of aromatic nitrogens is 1. The van der Waals surface area contributed by atoms with E-state index >= 15 is 0 Å². The molecule has 0 radical (unpaired) electrons. The molecule has 2 aromatic carbocycles. The highest BCUT2D eigenvalue weighted by Crippen LogP contribution is 2.36. The van der Waals surface area contributed by atoms with Crippen LogP contribution in [0.15, 0.2) is 66.9 Å². The summed E-state index contributed by atoms with van der Waals surface area (Å²) in [5.41, 5.74) is 3.89. The minimum Gasteiger partial charge on any atom is -0.493 e. The fraction of sp³-hybridized carbons (Fsp3) is 0.379. The van der Waals surface area contributed by atoms with E-state index in [1.54, 1.807) is 6.20 Å². The van der Waals surface area contributed by atoms with Gasteiger partial charge in [0.1, 0.15) is 18.1 Å². The molecule has 1 aromatic heterocycles. The maximum absolute atomic E-state index is 9.16. The van der Waals surface area contributed by atoms with Crippen LogP contribution in [0.25, 0.3) is 11.3 Å². The predicted octanol–water partition coefficient (Wildman–Crippen LogP) is 7.38. The third-order valence-corrected chi connectivity index (χ3v) is 5.73. The molecule has 3 rings (SSSR count). The van der Waals surface area contributed by atoms with Gasteiger partial charge in [-0.25, -0.2) is 0 Å². The Morgan fingerprint density at radius 2 is 1.70 bits per heavy atom. The van der Waals surface area contributed by atoms with Gasteiger partial charge in [-0.2, -0.15) is 5.26 Å². The lowest BCUT2D eigenvalue weighted by Gasteiger charge is -2.18. The monoisotopic (exact) mass is 442 g/mol. The SMILES string of the molecule is CCc1cc(-c2ccccn2)c(OCc2ccccc2)cc1OCCCCCC(C)(C)C#N. The van der Waals surface area contributed by atoms with Gasteiger partial charge in [-0.1, -0.05) is 56.2 Å². The Hall–Kier alpha value is -3.32. The van der Waals surface area contributed by atoms with Crippen molar-refractivity contribution in [2.75, 3.05) is 6.61 Å². The molecule has 0 N–H and O–H groups in total. The number of rotatable bonds is 12. The first kappa shape index (κ1) is 24.3. The summed E-state index contributed by atoms with van der Waals surface area (Å²) in [6.45, 7) is 7.27. The number of ether oxygens (including phenoxy) is 2. The third-order valence-electron chi connectivity index (χ3n) is 5.73. The molecule has 0 saturated carbocycles. The van der Waals surface area contributed by atoms with E-state index in [9.17, 15) is 0 Å². The van der Waals surface area contributed by atoms with Gasteiger partial charge in [0.05, 0.1) is 23.8 Å². The maximum atomic E-state index is 9.16. The van der Waals surface area contributed by atoms with Gasteiger partial charge in [0.2, 0.25) is 0 Å². The zero-order chi connectivity index (χ0) is 23.5. The molecular weight excluding hydrogens is 408 g/mol. The van der Waals surface area contributed by atoms with Crippen molar-refractivity contribution in [3.63, 3.8) is 0 Å². The lowest BCUT2D eigenvalue weighted by Crippen LogP contribution is -2.07. The average molecular weight is 443 g/mol. The van der Waals surface area contributed by atoms with Crippen molar-refractivity contribution in [1.29, 1.82) is 5.26 Å². The molecule has 4 heteroatoms. The lowest BCUT2D eigenvalue weighted by molar-refractivity contribution is 0.286. The molecule has 4 nitrogen and oxygen atoms in total. The first-order valence-corrected chi connectivity index (χ1v) is 11.8. The summed E-state index contributed by atoms with van der Waals surface area (Å²) in [7, 11) is 0. The van der Waals surface area contributed by atoms with E-state index in [1.807, 2.05) is 56.3 Å². The van der Waals surface area contributed by atoms with Crippen molar-refractivity contribution in [2.45, 2.75) is 59.5 Å². The molecule has 0 fully saturated rings. The standard InChI is InChI=1S/C29H34N2O2/c1-4-24-19-25(26-15-9-11-17-31-26)28(33-21-23-13-7-5-8-14-23)20-27(24)32-18-12-6-10-16-29(2,3)22-30/h5,7-9,11,13-15,17,19-20H,4,6,10,12,16,18,21H2,1-3H3. The Bertz CT molecular complexity index is 1040. The number of aryl methyl sites for hydroxylation is 1. The van der Waals surface area contributed by atoms with E-state index < -0.39 is 0 Å². The van der Waals surface area contributed by atoms with E-state index in [0.29, 0.717) is 13.2 Å². The van der Waals surface area contributed by atoms with Crippen LogP contribution in [0, 0.1) is 16.7 Å². The Morgan fingerprint density at radius 3 is 2.39 bits per heavy atom. The number of hydrogen-bond acceptors (Lipinski definition) is 4.